The van der Waals surface area contributed by atoms with Gasteiger partial charge in [-0.25, -0.2) is 0 Å². The topological polar surface area (TPSA) is 9.23 Å². The summed E-state index contributed by atoms with van der Waals surface area (Å²) < 4.78 is 35.6. The summed E-state index contributed by atoms with van der Waals surface area (Å²) in [6.45, 7) is 4.75. The number of hydrogen-bond acceptors (Lipinski definition) is 1. The average molecular weight is 453 g/mol. The van der Waals surface area contributed by atoms with Gasteiger partial charge in [-0.2, -0.15) is 8.78 Å². The summed E-state index contributed by atoms with van der Waals surface area (Å²) in [5, 5.41) is 0. The second-order valence-electron chi connectivity index (χ2n) is 12.7. The number of ether oxygens (including phenoxy) is 1. The van der Waals surface area contributed by atoms with E-state index in [0.29, 0.717) is 18.8 Å². The molecule has 0 unspecified atom stereocenters. The highest BCUT2D eigenvalue weighted by Gasteiger charge is 2.45. The Morgan fingerprint density at radius 3 is 1.47 bits per heavy atom. The van der Waals surface area contributed by atoms with Gasteiger partial charge in [0.15, 0.2) is 0 Å². The smallest absolute Gasteiger partial charge is 0.317 e. The van der Waals surface area contributed by atoms with Gasteiger partial charge in [0, 0.05) is 0 Å². The molecule has 0 aromatic heterocycles. The molecular formula is C29H50F2O. The zero-order valence-corrected chi connectivity index (χ0v) is 21.0. The third kappa shape index (κ3) is 6.92. The molecule has 3 heteroatoms. The van der Waals surface area contributed by atoms with Gasteiger partial charge in [0.05, 0.1) is 12.0 Å². The van der Waals surface area contributed by atoms with Crippen LogP contribution in [-0.4, -0.2) is 12.2 Å². The average Bonchev–Trinajstić information content (AvgIpc) is 2.80. The number of alkyl halides is 2. The molecule has 4 fully saturated rings. The fourth-order valence-corrected chi connectivity index (χ4v) is 7.63. The first-order chi connectivity index (χ1) is 15.4. The van der Waals surface area contributed by atoms with Crippen LogP contribution in [0.3, 0.4) is 0 Å². The van der Waals surface area contributed by atoms with Crippen LogP contribution in [0.1, 0.15) is 129 Å². The van der Waals surface area contributed by atoms with Crippen molar-refractivity contribution in [3.8, 4) is 0 Å². The molecular weight excluding hydrogens is 402 g/mol. The van der Waals surface area contributed by atoms with Crippen molar-refractivity contribution in [3.05, 3.63) is 0 Å². The van der Waals surface area contributed by atoms with E-state index < -0.39 is 12.0 Å². The minimum Gasteiger partial charge on any atom is -0.317 e. The first kappa shape index (κ1) is 24.9. The number of hydrogen-bond donors (Lipinski definition) is 0. The second kappa shape index (κ2) is 11.5. The number of rotatable bonds is 7. The van der Waals surface area contributed by atoms with Gasteiger partial charge in [-0.1, -0.05) is 65.2 Å². The third-order valence-electron chi connectivity index (χ3n) is 10.2. The van der Waals surface area contributed by atoms with Crippen LogP contribution < -0.4 is 0 Å². The molecule has 4 rings (SSSR count). The highest BCUT2D eigenvalue weighted by atomic mass is 19.3. The Kier molecular flexibility index (Phi) is 8.96. The highest BCUT2D eigenvalue weighted by Crippen LogP contribution is 2.45. The first-order valence-electron chi connectivity index (χ1n) is 14.4. The van der Waals surface area contributed by atoms with Crippen LogP contribution in [0.4, 0.5) is 8.78 Å². The van der Waals surface area contributed by atoms with Crippen LogP contribution >= 0.6 is 0 Å². The van der Waals surface area contributed by atoms with Crippen molar-refractivity contribution in [1.29, 1.82) is 0 Å². The molecule has 1 nitrogen and oxygen atoms in total. The molecule has 0 radical (unpaired) electrons. The van der Waals surface area contributed by atoms with Crippen LogP contribution in [0, 0.1) is 41.4 Å². The predicted octanol–water partition coefficient (Wildman–Crippen LogP) is 9.39. The Morgan fingerprint density at radius 2 is 0.969 bits per heavy atom. The van der Waals surface area contributed by atoms with E-state index in [9.17, 15) is 0 Å². The van der Waals surface area contributed by atoms with Gasteiger partial charge >= 0.3 is 6.11 Å². The summed E-state index contributed by atoms with van der Waals surface area (Å²) >= 11 is 0. The zero-order chi connectivity index (χ0) is 22.6. The van der Waals surface area contributed by atoms with Crippen molar-refractivity contribution in [2.24, 2.45) is 41.4 Å². The van der Waals surface area contributed by atoms with Crippen LogP contribution in [0.15, 0.2) is 0 Å². The molecule has 4 saturated carbocycles. The standard InChI is InChI=1S/C29H50F2O/c1-21-3-7-23(8-4-21)9-10-24-11-17-27(18-12-24)29(30,31)32-28-19-15-26(16-20-28)25-13-5-22(2)6-14-25/h21-28H,3-20H2,1-2H3. The molecule has 0 aliphatic heterocycles. The van der Waals surface area contributed by atoms with E-state index in [1.807, 2.05) is 0 Å². The van der Waals surface area contributed by atoms with Crippen LogP contribution in [0.2, 0.25) is 0 Å². The minimum absolute atomic E-state index is 0.213. The van der Waals surface area contributed by atoms with Gasteiger partial charge in [-0.15, -0.1) is 0 Å². The number of halogens is 2. The van der Waals surface area contributed by atoms with E-state index in [4.69, 9.17) is 4.74 Å². The lowest BCUT2D eigenvalue weighted by molar-refractivity contribution is -0.302. The SMILES string of the molecule is CC1CCC(CCC2CCC(C(F)(F)OC3CCC(C4CCC(C)CC4)CC3)CC2)CC1. The van der Waals surface area contributed by atoms with Gasteiger partial charge in [0.1, 0.15) is 0 Å². The fourth-order valence-electron chi connectivity index (χ4n) is 7.63. The Morgan fingerprint density at radius 1 is 0.562 bits per heavy atom. The minimum atomic E-state index is -2.91. The summed E-state index contributed by atoms with van der Waals surface area (Å²) in [5.41, 5.74) is 0. The van der Waals surface area contributed by atoms with Gasteiger partial charge in [0.25, 0.3) is 0 Å². The molecule has 0 amide bonds. The summed E-state index contributed by atoms with van der Waals surface area (Å²) in [6, 6.07) is 0. The molecule has 4 aliphatic carbocycles. The fraction of sp³-hybridized carbons (Fsp3) is 1.00. The highest BCUT2D eigenvalue weighted by molar-refractivity contribution is 4.84. The molecule has 0 N–H and O–H groups in total. The van der Waals surface area contributed by atoms with Crippen molar-refractivity contribution >= 4 is 0 Å². The Balaban J connectivity index is 1.13. The van der Waals surface area contributed by atoms with Crippen molar-refractivity contribution in [2.75, 3.05) is 0 Å². The molecule has 0 spiro atoms. The van der Waals surface area contributed by atoms with Crippen molar-refractivity contribution < 1.29 is 13.5 Å². The molecule has 186 valence electrons. The van der Waals surface area contributed by atoms with Gasteiger partial charge < -0.3 is 4.74 Å². The normalized spacial score (nSPS) is 42.0. The van der Waals surface area contributed by atoms with E-state index in [2.05, 4.69) is 13.8 Å². The van der Waals surface area contributed by atoms with Crippen LogP contribution in [-0.2, 0) is 4.74 Å². The van der Waals surface area contributed by atoms with Crippen molar-refractivity contribution in [2.45, 2.75) is 142 Å². The molecule has 0 bridgehead atoms. The van der Waals surface area contributed by atoms with E-state index in [1.54, 1.807) is 0 Å². The molecule has 0 saturated heterocycles. The Hall–Kier alpha value is -0.180. The lowest BCUT2D eigenvalue weighted by atomic mass is 9.71. The second-order valence-corrected chi connectivity index (χ2v) is 12.7. The molecule has 4 aliphatic rings. The molecule has 0 heterocycles. The summed E-state index contributed by atoms with van der Waals surface area (Å²) in [5.74, 6) is 4.44. The largest absolute Gasteiger partial charge is 0.358 e. The molecule has 0 aromatic carbocycles. The third-order valence-corrected chi connectivity index (χ3v) is 10.2. The molecule has 0 aromatic rings. The molecule has 0 atom stereocenters. The van der Waals surface area contributed by atoms with Gasteiger partial charge in [-0.05, 0) is 99.7 Å². The quantitative estimate of drug-likeness (QED) is 0.374. The summed E-state index contributed by atoms with van der Waals surface area (Å²) in [4.78, 5) is 0. The zero-order valence-electron chi connectivity index (χ0n) is 21.0. The maximum absolute atomic E-state index is 15.0. The monoisotopic (exact) mass is 452 g/mol. The van der Waals surface area contributed by atoms with Crippen molar-refractivity contribution in [1.82, 2.24) is 0 Å². The van der Waals surface area contributed by atoms with Crippen molar-refractivity contribution in [3.63, 3.8) is 0 Å². The summed E-state index contributed by atoms with van der Waals surface area (Å²) in [7, 11) is 0. The predicted molar refractivity (Wildman–Crippen MR) is 129 cm³/mol. The van der Waals surface area contributed by atoms with E-state index in [0.717, 1.165) is 68.1 Å². The van der Waals surface area contributed by atoms with Gasteiger partial charge in [0.2, 0.25) is 0 Å². The first-order valence-corrected chi connectivity index (χ1v) is 14.4. The lowest BCUT2D eigenvalue weighted by Gasteiger charge is -2.39. The van der Waals surface area contributed by atoms with Gasteiger partial charge in [-0.3, -0.25) is 0 Å². The van der Waals surface area contributed by atoms with E-state index in [1.165, 1.54) is 64.2 Å². The van der Waals surface area contributed by atoms with E-state index in [-0.39, 0.29) is 6.10 Å². The van der Waals surface area contributed by atoms with Crippen LogP contribution in [0.5, 0.6) is 0 Å². The lowest BCUT2D eigenvalue weighted by Crippen LogP contribution is -2.39. The van der Waals surface area contributed by atoms with E-state index >= 15 is 8.78 Å². The Labute approximate surface area is 196 Å². The summed E-state index contributed by atoms with van der Waals surface area (Å²) in [6.07, 6.45) is 17.7. The Bertz CT molecular complexity index is 531. The maximum Gasteiger partial charge on any atom is 0.358 e. The molecule has 32 heavy (non-hydrogen) atoms. The van der Waals surface area contributed by atoms with Crippen LogP contribution in [0.25, 0.3) is 0 Å². The maximum atomic E-state index is 15.0.